The molecule has 152 valence electrons. The van der Waals surface area contributed by atoms with Gasteiger partial charge in [-0.25, -0.2) is 0 Å². The van der Waals surface area contributed by atoms with Gasteiger partial charge in [-0.15, -0.1) is 0 Å². The summed E-state index contributed by atoms with van der Waals surface area (Å²) in [4.78, 5) is 35.7. The summed E-state index contributed by atoms with van der Waals surface area (Å²) in [5.74, 6) is -0.626. The molecule has 6 nitrogen and oxygen atoms in total. The molecule has 2 amide bonds. The molecule has 0 aliphatic rings. The molecule has 2 N–H and O–H groups in total. The highest BCUT2D eigenvalue weighted by Crippen LogP contribution is 2.19. The number of nitrogens with one attached hydrogen (secondary N) is 2. The summed E-state index contributed by atoms with van der Waals surface area (Å²) in [6, 6.07) is 20.7. The van der Waals surface area contributed by atoms with Crippen LogP contribution in [0.5, 0.6) is 5.75 Å². The molecule has 0 fully saturated rings. The summed E-state index contributed by atoms with van der Waals surface area (Å²) >= 11 is 3.43. The topological polar surface area (TPSA) is 84.5 Å². The van der Waals surface area contributed by atoms with Crippen LogP contribution >= 0.6 is 15.9 Å². The van der Waals surface area contributed by atoms with Crippen LogP contribution in [-0.4, -0.2) is 17.8 Å². The van der Waals surface area contributed by atoms with Crippen LogP contribution in [0.15, 0.2) is 77.3 Å². The van der Waals surface area contributed by atoms with Crippen LogP contribution in [-0.2, 0) is 16.0 Å². The molecule has 3 aromatic rings. The SMILES string of the molecule is CC(=O)Oc1cccc(C(=O)Nc2ccc(NC(=O)Cc3ccccc3Br)cc2)c1. The fraction of sp³-hybridized carbons (Fsp3) is 0.0870. The molecular weight excluding hydrogens is 448 g/mol. The van der Waals surface area contributed by atoms with E-state index in [0.29, 0.717) is 22.7 Å². The van der Waals surface area contributed by atoms with Crippen molar-refractivity contribution >= 4 is 45.1 Å². The lowest BCUT2D eigenvalue weighted by atomic mass is 10.1. The lowest BCUT2D eigenvalue weighted by Gasteiger charge is -2.09. The van der Waals surface area contributed by atoms with Crippen LogP contribution in [0.2, 0.25) is 0 Å². The van der Waals surface area contributed by atoms with Gasteiger partial charge >= 0.3 is 5.97 Å². The van der Waals surface area contributed by atoms with E-state index in [1.54, 1.807) is 42.5 Å². The Morgan fingerprint density at radius 1 is 0.867 bits per heavy atom. The number of ether oxygens (including phenoxy) is 1. The minimum Gasteiger partial charge on any atom is -0.427 e. The second-order valence-corrected chi connectivity index (χ2v) is 7.32. The van der Waals surface area contributed by atoms with Crippen molar-refractivity contribution in [1.29, 1.82) is 0 Å². The van der Waals surface area contributed by atoms with Crippen LogP contribution in [0.4, 0.5) is 11.4 Å². The molecule has 30 heavy (non-hydrogen) atoms. The summed E-state index contributed by atoms with van der Waals surface area (Å²) in [5.41, 5.74) is 2.46. The van der Waals surface area contributed by atoms with E-state index in [1.165, 1.54) is 13.0 Å². The second kappa shape index (κ2) is 9.84. The quantitative estimate of drug-likeness (QED) is 0.403. The molecule has 0 spiro atoms. The smallest absolute Gasteiger partial charge is 0.308 e. The zero-order chi connectivity index (χ0) is 21.5. The summed E-state index contributed by atoms with van der Waals surface area (Å²) < 4.78 is 5.88. The highest BCUT2D eigenvalue weighted by atomic mass is 79.9. The number of amides is 2. The molecule has 7 heteroatoms. The van der Waals surface area contributed by atoms with Gasteiger partial charge in [0, 0.05) is 28.3 Å². The molecule has 0 bridgehead atoms. The van der Waals surface area contributed by atoms with Crippen molar-refractivity contribution in [2.24, 2.45) is 0 Å². The van der Waals surface area contributed by atoms with Gasteiger partial charge in [0.15, 0.2) is 0 Å². The van der Waals surface area contributed by atoms with Crippen molar-refractivity contribution in [3.8, 4) is 5.75 Å². The zero-order valence-corrected chi connectivity index (χ0v) is 17.7. The monoisotopic (exact) mass is 466 g/mol. The molecule has 0 radical (unpaired) electrons. The van der Waals surface area contributed by atoms with Gasteiger partial charge in [0.05, 0.1) is 6.42 Å². The van der Waals surface area contributed by atoms with E-state index in [4.69, 9.17) is 4.74 Å². The lowest BCUT2D eigenvalue weighted by Crippen LogP contribution is -2.15. The first-order chi connectivity index (χ1) is 14.4. The van der Waals surface area contributed by atoms with Gasteiger partial charge < -0.3 is 15.4 Å². The maximum atomic E-state index is 12.4. The van der Waals surface area contributed by atoms with Crippen molar-refractivity contribution in [1.82, 2.24) is 0 Å². The maximum absolute atomic E-state index is 12.4. The summed E-state index contributed by atoms with van der Waals surface area (Å²) in [6.45, 7) is 1.30. The van der Waals surface area contributed by atoms with E-state index in [0.717, 1.165) is 10.0 Å². The Morgan fingerprint density at radius 3 is 2.20 bits per heavy atom. The van der Waals surface area contributed by atoms with Gasteiger partial charge in [-0.3, -0.25) is 14.4 Å². The average molecular weight is 467 g/mol. The molecule has 0 heterocycles. The molecule has 3 rings (SSSR count). The Hall–Kier alpha value is -3.45. The Bertz CT molecular complexity index is 1080. The first-order valence-electron chi connectivity index (χ1n) is 9.14. The van der Waals surface area contributed by atoms with Crippen LogP contribution in [0.3, 0.4) is 0 Å². The number of benzene rings is 3. The number of anilines is 2. The van der Waals surface area contributed by atoms with E-state index >= 15 is 0 Å². The Morgan fingerprint density at radius 2 is 1.53 bits per heavy atom. The van der Waals surface area contributed by atoms with Crippen molar-refractivity contribution in [2.45, 2.75) is 13.3 Å². The van der Waals surface area contributed by atoms with Gasteiger partial charge in [-0.05, 0) is 54.1 Å². The van der Waals surface area contributed by atoms with E-state index in [2.05, 4.69) is 26.6 Å². The third kappa shape index (κ3) is 6.02. The maximum Gasteiger partial charge on any atom is 0.308 e. The van der Waals surface area contributed by atoms with Crippen LogP contribution in [0.1, 0.15) is 22.8 Å². The number of hydrogen-bond donors (Lipinski definition) is 2. The predicted molar refractivity (Wildman–Crippen MR) is 119 cm³/mol. The Kier molecular flexibility index (Phi) is 6.98. The molecule has 0 unspecified atom stereocenters. The molecule has 0 aliphatic heterocycles. The summed E-state index contributed by atoms with van der Waals surface area (Å²) in [5, 5.41) is 5.60. The minimum atomic E-state index is -0.454. The van der Waals surface area contributed by atoms with E-state index < -0.39 is 5.97 Å². The Balaban J connectivity index is 1.59. The van der Waals surface area contributed by atoms with E-state index in [9.17, 15) is 14.4 Å². The molecule has 0 atom stereocenters. The first-order valence-corrected chi connectivity index (χ1v) is 9.93. The summed E-state index contributed by atoms with van der Waals surface area (Å²) in [7, 11) is 0. The van der Waals surface area contributed by atoms with Crippen molar-refractivity contribution < 1.29 is 19.1 Å². The van der Waals surface area contributed by atoms with Crippen molar-refractivity contribution in [3.63, 3.8) is 0 Å². The van der Waals surface area contributed by atoms with E-state index in [-0.39, 0.29) is 18.2 Å². The fourth-order valence-electron chi connectivity index (χ4n) is 2.73. The van der Waals surface area contributed by atoms with Gasteiger partial charge in [0.25, 0.3) is 5.91 Å². The van der Waals surface area contributed by atoms with Crippen LogP contribution < -0.4 is 15.4 Å². The zero-order valence-electron chi connectivity index (χ0n) is 16.1. The number of rotatable bonds is 6. The molecule has 0 aliphatic carbocycles. The highest BCUT2D eigenvalue weighted by Gasteiger charge is 2.10. The number of carbonyl (C=O) groups is 3. The third-order valence-electron chi connectivity index (χ3n) is 4.09. The number of esters is 1. The largest absolute Gasteiger partial charge is 0.427 e. The Labute approximate surface area is 182 Å². The number of halogens is 1. The van der Waals surface area contributed by atoms with E-state index in [1.807, 2.05) is 24.3 Å². The second-order valence-electron chi connectivity index (χ2n) is 6.47. The van der Waals surface area contributed by atoms with Gasteiger partial charge in [0.2, 0.25) is 5.91 Å². The van der Waals surface area contributed by atoms with Gasteiger partial charge in [0.1, 0.15) is 5.75 Å². The minimum absolute atomic E-state index is 0.138. The van der Waals surface area contributed by atoms with Crippen molar-refractivity contribution in [3.05, 3.63) is 88.4 Å². The van der Waals surface area contributed by atoms with Gasteiger partial charge in [-0.1, -0.05) is 40.2 Å². The fourth-order valence-corrected chi connectivity index (χ4v) is 3.15. The molecule has 0 saturated heterocycles. The molecule has 0 saturated carbocycles. The average Bonchev–Trinajstić information content (AvgIpc) is 2.71. The van der Waals surface area contributed by atoms with Crippen molar-refractivity contribution in [2.75, 3.05) is 10.6 Å². The number of carbonyl (C=O) groups excluding carboxylic acids is 3. The summed E-state index contributed by atoms with van der Waals surface area (Å²) in [6.07, 6.45) is 0.249. The predicted octanol–water partition coefficient (Wildman–Crippen LogP) is 4.81. The van der Waals surface area contributed by atoms with Gasteiger partial charge in [-0.2, -0.15) is 0 Å². The normalized spacial score (nSPS) is 10.2. The van der Waals surface area contributed by atoms with Crippen LogP contribution in [0, 0.1) is 0 Å². The molecule has 3 aromatic carbocycles. The lowest BCUT2D eigenvalue weighted by molar-refractivity contribution is -0.131. The number of hydrogen-bond acceptors (Lipinski definition) is 4. The standard InChI is InChI=1S/C23H19BrN2O4/c1-15(27)30-20-7-4-6-17(13-20)23(29)26-19-11-9-18(10-12-19)25-22(28)14-16-5-2-3-8-21(16)24/h2-13H,14H2,1H3,(H,25,28)(H,26,29). The third-order valence-corrected chi connectivity index (χ3v) is 4.87. The molecule has 0 aromatic heterocycles. The molecular formula is C23H19BrN2O4. The van der Waals surface area contributed by atoms with Crippen LogP contribution in [0.25, 0.3) is 0 Å². The first kappa shape index (κ1) is 21.3. The highest BCUT2D eigenvalue weighted by molar-refractivity contribution is 9.10.